The zero-order chi connectivity index (χ0) is 34.3. The van der Waals surface area contributed by atoms with Crippen LogP contribution in [0.25, 0.3) is 33.2 Å². The van der Waals surface area contributed by atoms with Crippen LogP contribution in [0.4, 0.5) is 14.5 Å². The van der Waals surface area contributed by atoms with E-state index in [9.17, 15) is 27.2 Å². The number of fused-ring (bicyclic) bond motifs is 1. The first-order valence-corrected chi connectivity index (χ1v) is 17.0. The van der Waals surface area contributed by atoms with Crippen LogP contribution in [0.1, 0.15) is 23.7 Å². The Labute approximate surface area is 279 Å². The van der Waals surface area contributed by atoms with Gasteiger partial charge >= 0.3 is 0 Å². The SMILES string of the molecule is CC(=O)c1cn(CC(=O)N2C[C@H](F)C[C@H]2C(=O)Nc2cccc(-c3ccccc3Cl)c2F)c2ccc(-c3cnc(S(C)(=O)=O)nc3)cc12. The Morgan fingerprint density at radius 2 is 1.71 bits per heavy atom. The van der Waals surface area contributed by atoms with Gasteiger partial charge in [0.1, 0.15) is 18.8 Å². The number of hydrogen-bond acceptors (Lipinski definition) is 7. The van der Waals surface area contributed by atoms with E-state index >= 15 is 4.39 Å². The molecule has 0 spiro atoms. The molecule has 1 aliphatic rings. The van der Waals surface area contributed by atoms with Gasteiger partial charge in [0.25, 0.3) is 0 Å². The lowest BCUT2D eigenvalue weighted by atomic mass is 10.0. The lowest BCUT2D eigenvalue weighted by Gasteiger charge is -2.24. The number of Topliss-reactive ketones (excluding diaryl/α,β-unsaturated/α-hetero) is 1. The number of ketones is 1. The highest BCUT2D eigenvalue weighted by Crippen LogP contribution is 2.34. The molecule has 5 aromatic rings. The first kappa shape index (κ1) is 32.9. The van der Waals surface area contributed by atoms with Crippen LogP contribution in [0.2, 0.25) is 5.02 Å². The first-order valence-electron chi connectivity index (χ1n) is 14.8. The van der Waals surface area contributed by atoms with Gasteiger partial charge in [-0.05, 0) is 36.8 Å². The third-order valence-corrected chi connectivity index (χ3v) is 9.36. The fourth-order valence-corrected chi connectivity index (χ4v) is 6.55. The summed E-state index contributed by atoms with van der Waals surface area (Å²) in [5, 5.41) is 3.05. The fraction of sp³-hybridized carbons (Fsp3) is 0.206. The van der Waals surface area contributed by atoms with Gasteiger partial charge in [0.2, 0.25) is 26.8 Å². The zero-order valence-corrected chi connectivity index (χ0v) is 27.2. The van der Waals surface area contributed by atoms with Crippen molar-refractivity contribution in [1.82, 2.24) is 19.4 Å². The van der Waals surface area contributed by atoms with Crippen LogP contribution in [-0.2, 0) is 26.0 Å². The number of alkyl halides is 1. The summed E-state index contributed by atoms with van der Waals surface area (Å²) in [4.78, 5) is 48.6. The normalized spacial score (nSPS) is 16.3. The molecule has 0 saturated carbocycles. The molecule has 246 valence electrons. The number of nitrogens with one attached hydrogen (secondary N) is 1. The van der Waals surface area contributed by atoms with Crippen molar-refractivity contribution in [3.63, 3.8) is 0 Å². The van der Waals surface area contributed by atoms with Crippen LogP contribution < -0.4 is 5.32 Å². The topological polar surface area (TPSA) is 131 Å². The Morgan fingerprint density at radius 3 is 2.40 bits per heavy atom. The predicted octanol–water partition coefficient (Wildman–Crippen LogP) is 5.74. The summed E-state index contributed by atoms with van der Waals surface area (Å²) in [6, 6.07) is 15.0. The Morgan fingerprint density at radius 1 is 1.00 bits per heavy atom. The summed E-state index contributed by atoms with van der Waals surface area (Å²) in [5.41, 5.74) is 2.43. The molecule has 1 saturated heterocycles. The molecule has 1 aliphatic heterocycles. The Hall–Kier alpha value is -5.01. The highest BCUT2D eigenvalue weighted by molar-refractivity contribution is 7.90. The number of carbonyl (C=O) groups excluding carboxylic acids is 3. The third kappa shape index (κ3) is 6.43. The molecule has 3 heterocycles. The molecule has 0 unspecified atom stereocenters. The third-order valence-electron chi connectivity index (χ3n) is 8.15. The molecule has 1 fully saturated rings. The van der Waals surface area contributed by atoms with Crippen LogP contribution in [0.5, 0.6) is 0 Å². The summed E-state index contributed by atoms with van der Waals surface area (Å²) in [5.74, 6) is -2.30. The summed E-state index contributed by atoms with van der Waals surface area (Å²) in [6.07, 6.45) is 3.51. The molecule has 2 atom stereocenters. The van der Waals surface area contributed by atoms with Crippen molar-refractivity contribution in [2.75, 3.05) is 18.1 Å². The minimum Gasteiger partial charge on any atom is -0.337 e. The van der Waals surface area contributed by atoms with Gasteiger partial charge in [-0.3, -0.25) is 14.4 Å². The quantitative estimate of drug-likeness (QED) is 0.162. The predicted molar refractivity (Wildman–Crippen MR) is 177 cm³/mol. The van der Waals surface area contributed by atoms with Crippen molar-refractivity contribution in [3.05, 3.63) is 95.7 Å². The molecule has 10 nitrogen and oxygen atoms in total. The molecule has 1 N–H and O–H groups in total. The van der Waals surface area contributed by atoms with E-state index in [1.807, 2.05) is 0 Å². The maximum atomic E-state index is 15.5. The second kappa shape index (κ2) is 12.9. The van der Waals surface area contributed by atoms with E-state index in [0.29, 0.717) is 38.2 Å². The minimum absolute atomic E-state index is 0.137. The van der Waals surface area contributed by atoms with Crippen LogP contribution >= 0.6 is 11.6 Å². The van der Waals surface area contributed by atoms with Crippen molar-refractivity contribution < 1.29 is 31.6 Å². The number of sulfone groups is 1. The monoisotopic (exact) mass is 691 g/mol. The first-order chi connectivity index (χ1) is 22.8. The van der Waals surface area contributed by atoms with Crippen molar-refractivity contribution in [2.45, 2.75) is 37.3 Å². The molecule has 0 bridgehead atoms. The van der Waals surface area contributed by atoms with Gasteiger partial charge < -0.3 is 14.8 Å². The van der Waals surface area contributed by atoms with Crippen molar-refractivity contribution >= 4 is 55.6 Å². The second-order valence-corrected chi connectivity index (χ2v) is 13.8. The average Bonchev–Trinajstić information content (AvgIpc) is 3.62. The Bertz CT molecular complexity index is 2210. The molecule has 3 aromatic carbocycles. The number of benzene rings is 3. The number of anilines is 1. The van der Waals surface area contributed by atoms with E-state index in [2.05, 4.69) is 15.3 Å². The summed E-state index contributed by atoms with van der Waals surface area (Å²) < 4.78 is 55.3. The van der Waals surface area contributed by atoms with E-state index in [-0.39, 0.29) is 41.7 Å². The average molecular weight is 692 g/mol. The molecule has 2 aromatic heterocycles. The summed E-state index contributed by atoms with van der Waals surface area (Å²) in [7, 11) is -3.59. The van der Waals surface area contributed by atoms with Crippen molar-refractivity contribution in [3.8, 4) is 22.3 Å². The molecule has 48 heavy (non-hydrogen) atoms. The van der Waals surface area contributed by atoms with Gasteiger partial charge in [0.15, 0.2) is 11.6 Å². The van der Waals surface area contributed by atoms with Crippen LogP contribution in [0.15, 0.2) is 84.4 Å². The highest BCUT2D eigenvalue weighted by Gasteiger charge is 2.40. The Balaban J connectivity index is 1.24. The van der Waals surface area contributed by atoms with E-state index < -0.39 is 39.7 Å². The number of amides is 2. The lowest BCUT2D eigenvalue weighted by Crippen LogP contribution is -2.44. The lowest BCUT2D eigenvalue weighted by molar-refractivity contribution is -0.137. The van der Waals surface area contributed by atoms with E-state index in [1.165, 1.54) is 37.6 Å². The maximum absolute atomic E-state index is 15.5. The number of nitrogens with zero attached hydrogens (tertiary/aromatic N) is 4. The minimum atomic E-state index is -3.59. The maximum Gasteiger partial charge on any atom is 0.247 e. The van der Waals surface area contributed by atoms with E-state index in [1.54, 1.807) is 53.1 Å². The number of aromatic nitrogens is 3. The number of carbonyl (C=O) groups is 3. The molecule has 6 rings (SSSR count). The van der Waals surface area contributed by atoms with Gasteiger partial charge in [-0.25, -0.2) is 27.2 Å². The molecule has 0 radical (unpaired) electrons. The van der Waals surface area contributed by atoms with Gasteiger partial charge in [-0.2, -0.15) is 0 Å². The number of hydrogen-bond donors (Lipinski definition) is 1. The van der Waals surface area contributed by atoms with Crippen molar-refractivity contribution in [2.24, 2.45) is 0 Å². The summed E-state index contributed by atoms with van der Waals surface area (Å²) in [6.45, 7) is 0.750. The van der Waals surface area contributed by atoms with Crippen LogP contribution in [0, 0.1) is 5.82 Å². The van der Waals surface area contributed by atoms with Crippen LogP contribution in [0.3, 0.4) is 0 Å². The van der Waals surface area contributed by atoms with E-state index in [0.717, 1.165) is 11.2 Å². The molecular formula is C34H28ClF2N5O5S. The smallest absolute Gasteiger partial charge is 0.247 e. The van der Waals surface area contributed by atoms with Gasteiger partial charge in [-0.1, -0.05) is 48.0 Å². The molecule has 14 heteroatoms. The van der Waals surface area contributed by atoms with Crippen LogP contribution in [-0.4, -0.2) is 70.5 Å². The van der Waals surface area contributed by atoms with Gasteiger partial charge in [-0.15, -0.1) is 0 Å². The fourth-order valence-electron chi connectivity index (χ4n) is 5.82. The molecule has 0 aliphatic carbocycles. The summed E-state index contributed by atoms with van der Waals surface area (Å²) >= 11 is 6.25. The molecule has 2 amide bonds. The highest BCUT2D eigenvalue weighted by atomic mass is 35.5. The number of likely N-dealkylation sites (tertiary alicyclic amines) is 1. The second-order valence-electron chi connectivity index (χ2n) is 11.5. The van der Waals surface area contributed by atoms with E-state index in [4.69, 9.17) is 11.6 Å². The Kier molecular flexibility index (Phi) is 8.84. The van der Waals surface area contributed by atoms with Gasteiger partial charge in [0.05, 0.1) is 12.2 Å². The molecular weight excluding hydrogens is 664 g/mol. The number of halogens is 3. The standard InChI is InChI=1S/C34H28ClF2N5O5S/c1-19(43)26-17-41(29-11-10-20(12-25(26)29)21-14-38-34(39-15-21)48(2,46)47)18-31(44)42-16-22(36)13-30(42)33(45)40-28-9-5-7-24(32(28)37)23-6-3-4-8-27(23)35/h3-12,14-15,17,22,30H,13,16,18H2,1-2H3,(H,40,45)/t22-,30+/m1/s1. The zero-order valence-electron chi connectivity index (χ0n) is 25.7. The number of rotatable bonds is 8. The van der Waals surface area contributed by atoms with Gasteiger partial charge in [0, 0.05) is 69.4 Å². The van der Waals surface area contributed by atoms with Crippen molar-refractivity contribution in [1.29, 1.82) is 0 Å². The largest absolute Gasteiger partial charge is 0.337 e.